The van der Waals surface area contributed by atoms with Gasteiger partial charge in [0.25, 0.3) is 0 Å². The van der Waals surface area contributed by atoms with Crippen molar-refractivity contribution in [2.45, 2.75) is 44.7 Å². The Bertz CT molecular complexity index is 830. The van der Waals surface area contributed by atoms with Crippen LogP contribution in [0.1, 0.15) is 37.8 Å². The number of carbonyl (C=O) groups is 2. The Labute approximate surface area is 165 Å². The molecule has 1 fully saturated rings. The van der Waals surface area contributed by atoms with Crippen LogP contribution < -0.4 is 5.32 Å². The van der Waals surface area contributed by atoms with Crippen LogP contribution in [-0.2, 0) is 21.5 Å². The normalized spacial score (nSPS) is 17.7. The number of Topliss-reactive ketones (excluding diaryl/α,β-unsaturated/α-hetero) is 1. The number of benzene rings is 2. The van der Waals surface area contributed by atoms with Crippen molar-refractivity contribution >= 4 is 11.7 Å². The number of likely N-dealkylation sites (tertiary alicyclic amines) is 1. The van der Waals surface area contributed by atoms with E-state index in [9.17, 15) is 14.0 Å². The topological polar surface area (TPSA) is 49.4 Å². The third-order valence-corrected chi connectivity index (χ3v) is 5.99. The zero-order valence-corrected chi connectivity index (χ0v) is 16.5. The van der Waals surface area contributed by atoms with E-state index >= 15 is 0 Å². The van der Waals surface area contributed by atoms with E-state index in [1.54, 1.807) is 25.1 Å². The Kier molecular flexibility index (Phi) is 6.25. The Morgan fingerprint density at radius 3 is 2.29 bits per heavy atom. The molecule has 1 saturated heterocycles. The second-order valence-electron chi connectivity index (χ2n) is 7.53. The minimum absolute atomic E-state index is 0.127. The highest BCUT2D eigenvalue weighted by molar-refractivity contribution is 5.88. The molecule has 0 spiro atoms. The number of nitrogens with one attached hydrogen (secondary N) is 1. The van der Waals surface area contributed by atoms with E-state index in [1.165, 1.54) is 6.07 Å². The van der Waals surface area contributed by atoms with Gasteiger partial charge in [0.2, 0.25) is 5.91 Å². The fourth-order valence-corrected chi connectivity index (χ4v) is 4.03. The van der Waals surface area contributed by atoms with Crippen LogP contribution >= 0.6 is 0 Å². The lowest BCUT2D eigenvalue weighted by atomic mass is 9.70. The largest absolute Gasteiger partial charge is 0.351 e. The van der Waals surface area contributed by atoms with E-state index < -0.39 is 5.41 Å². The van der Waals surface area contributed by atoms with Crippen molar-refractivity contribution in [3.63, 3.8) is 0 Å². The Hall–Kier alpha value is -2.53. The minimum atomic E-state index is -0.471. The molecule has 1 N–H and O–H groups in total. The van der Waals surface area contributed by atoms with Gasteiger partial charge in [-0.1, -0.05) is 48.5 Å². The number of ketones is 1. The molecular weight excluding hydrogens is 355 g/mol. The summed E-state index contributed by atoms with van der Waals surface area (Å²) in [6, 6.07) is 16.0. The summed E-state index contributed by atoms with van der Waals surface area (Å²) in [7, 11) is 0. The molecule has 0 aromatic heterocycles. The molecule has 28 heavy (non-hydrogen) atoms. The fraction of sp³-hybridized carbons (Fsp3) is 0.391. The van der Waals surface area contributed by atoms with Crippen molar-refractivity contribution in [2.75, 3.05) is 13.1 Å². The van der Waals surface area contributed by atoms with Gasteiger partial charge in [0.15, 0.2) is 0 Å². The first kappa shape index (κ1) is 20.2. The van der Waals surface area contributed by atoms with Gasteiger partial charge in [-0.3, -0.25) is 14.5 Å². The number of carbonyl (C=O) groups excluding carboxylic acids is 2. The van der Waals surface area contributed by atoms with Gasteiger partial charge in [-0.25, -0.2) is 4.39 Å². The Balaban J connectivity index is 1.61. The third kappa shape index (κ3) is 4.14. The summed E-state index contributed by atoms with van der Waals surface area (Å²) in [5, 5.41) is 2.82. The first-order valence-electron chi connectivity index (χ1n) is 9.76. The zero-order chi connectivity index (χ0) is 20.1. The average molecular weight is 382 g/mol. The van der Waals surface area contributed by atoms with Gasteiger partial charge in [-0.05, 0) is 38.3 Å². The van der Waals surface area contributed by atoms with Crippen molar-refractivity contribution < 1.29 is 14.0 Å². The highest BCUT2D eigenvalue weighted by Gasteiger charge is 2.41. The van der Waals surface area contributed by atoms with Crippen molar-refractivity contribution in [2.24, 2.45) is 0 Å². The van der Waals surface area contributed by atoms with Crippen molar-refractivity contribution in [1.29, 1.82) is 0 Å². The predicted molar refractivity (Wildman–Crippen MR) is 107 cm³/mol. The van der Waals surface area contributed by atoms with Gasteiger partial charge in [-0.15, -0.1) is 0 Å². The predicted octanol–water partition coefficient (Wildman–Crippen LogP) is 3.45. The van der Waals surface area contributed by atoms with Gasteiger partial charge in [-0.2, -0.15) is 0 Å². The quantitative estimate of drug-likeness (QED) is 0.833. The SMILES string of the molecule is CC(=O)C1(c2ccccc2)CCN([C@H](C)C(=O)NCc2ccccc2F)CC1. The summed E-state index contributed by atoms with van der Waals surface area (Å²) >= 11 is 0. The van der Waals surface area contributed by atoms with Gasteiger partial charge < -0.3 is 5.32 Å². The molecule has 0 bridgehead atoms. The average Bonchev–Trinajstić information content (AvgIpc) is 2.73. The number of piperidine rings is 1. The first-order valence-corrected chi connectivity index (χ1v) is 9.76. The molecule has 3 rings (SSSR count). The molecule has 0 radical (unpaired) electrons. The number of amides is 1. The Morgan fingerprint density at radius 2 is 1.68 bits per heavy atom. The van der Waals surface area contributed by atoms with E-state index in [2.05, 4.69) is 10.2 Å². The second-order valence-corrected chi connectivity index (χ2v) is 7.53. The van der Waals surface area contributed by atoms with E-state index in [0.717, 1.165) is 5.56 Å². The third-order valence-electron chi connectivity index (χ3n) is 5.99. The molecule has 0 aliphatic carbocycles. The van der Waals surface area contributed by atoms with Crippen LogP contribution in [0.4, 0.5) is 4.39 Å². The molecule has 1 atom stereocenters. The van der Waals surface area contributed by atoms with E-state index in [-0.39, 0.29) is 30.1 Å². The summed E-state index contributed by atoms with van der Waals surface area (Å²) in [6.45, 7) is 5.03. The van der Waals surface area contributed by atoms with Gasteiger partial charge >= 0.3 is 0 Å². The van der Waals surface area contributed by atoms with E-state index in [1.807, 2.05) is 37.3 Å². The van der Waals surface area contributed by atoms with E-state index in [4.69, 9.17) is 0 Å². The zero-order valence-electron chi connectivity index (χ0n) is 16.5. The Morgan fingerprint density at radius 1 is 1.07 bits per heavy atom. The van der Waals surface area contributed by atoms with Crippen molar-refractivity contribution in [3.05, 3.63) is 71.5 Å². The smallest absolute Gasteiger partial charge is 0.237 e. The molecular formula is C23H27FN2O2. The summed E-state index contributed by atoms with van der Waals surface area (Å²) in [4.78, 5) is 27.1. The lowest BCUT2D eigenvalue weighted by Gasteiger charge is -2.42. The fourth-order valence-electron chi connectivity index (χ4n) is 4.03. The summed E-state index contributed by atoms with van der Waals surface area (Å²) in [5.74, 6) is -0.268. The molecule has 2 aromatic rings. The molecule has 4 nitrogen and oxygen atoms in total. The summed E-state index contributed by atoms with van der Waals surface area (Å²) in [5.41, 5.74) is 1.06. The van der Waals surface area contributed by atoms with Gasteiger partial charge in [0, 0.05) is 25.2 Å². The maximum absolute atomic E-state index is 13.7. The molecule has 2 aromatic carbocycles. The summed E-state index contributed by atoms with van der Waals surface area (Å²) in [6.07, 6.45) is 1.38. The molecule has 1 heterocycles. The lowest BCUT2D eigenvalue weighted by molar-refractivity contribution is -0.128. The molecule has 0 unspecified atom stereocenters. The molecule has 1 aliphatic rings. The van der Waals surface area contributed by atoms with Crippen molar-refractivity contribution in [3.8, 4) is 0 Å². The maximum atomic E-state index is 13.7. The highest BCUT2D eigenvalue weighted by Crippen LogP contribution is 2.37. The second kappa shape index (κ2) is 8.65. The monoisotopic (exact) mass is 382 g/mol. The van der Waals surface area contributed by atoms with Crippen LogP contribution in [0.2, 0.25) is 0 Å². The number of hydrogen-bond acceptors (Lipinski definition) is 3. The minimum Gasteiger partial charge on any atom is -0.351 e. The maximum Gasteiger partial charge on any atom is 0.237 e. The van der Waals surface area contributed by atoms with E-state index in [0.29, 0.717) is 31.5 Å². The van der Waals surface area contributed by atoms with Crippen LogP contribution in [-0.4, -0.2) is 35.7 Å². The number of halogens is 1. The number of rotatable bonds is 6. The van der Waals surface area contributed by atoms with Crippen LogP contribution in [0.15, 0.2) is 54.6 Å². The molecule has 1 aliphatic heterocycles. The standard InChI is InChI=1S/C23H27FN2O2/c1-17(22(28)25-16-19-8-6-7-11-21(19)24)26-14-12-23(13-15-26,18(2)27)20-9-4-3-5-10-20/h3-11,17H,12-16H2,1-2H3,(H,25,28)/t17-/m1/s1. The molecule has 1 amide bonds. The number of hydrogen-bond donors (Lipinski definition) is 1. The van der Waals surface area contributed by atoms with Crippen LogP contribution in [0.5, 0.6) is 0 Å². The van der Waals surface area contributed by atoms with Crippen molar-refractivity contribution in [1.82, 2.24) is 10.2 Å². The molecule has 148 valence electrons. The number of nitrogens with zero attached hydrogens (tertiary/aromatic N) is 1. The molecule has 0 saturated carbocycles. The highest BCUT2D eigenvalue weighted by atomic mass is 19.1. The van der Waals surface area contributed by atoms with Crippen LogP contribution in [0.3, 0.4) is 0 Å². The lowest BCUT2D eigenvalue weighted by Crippen LogP contribution is -2.53. The first-order chi connectivity index (χ1) is 13.4. The van der Waals surface area contributed by atoms with Gasteiger partial charge in [0.05, 0.1) is 11.5 Å². The van der Waals surface area contributed by atoms with Crippen LogP contribution in [0.25, 0.3) is 0 Å². The van der Waals surface area contributed by atoms with Gasteiger partial charge in [0.1, 0.15) is 11.6 Å². The van der Waals surface area contributed by atoms with Crippen LogP contribution in [0, 0.1) is 5.82 Å². The molecule has 5 heteroatoms. The summed E-state index contributed by atoms with van der Waals surface area (Å²) < 4.78 is 13.7.